The van der Waals surface area contributed by atoms with Crippen LogP contribution in [0.2, 0.25) is 0 Å². The van der Waals surface area contributed by atoms with Crippen molar-refractivity contribution in [3.63, 3.8) is 0 Å². The van der Waals surface area contributed by atoms with Crippen molar-refractivity contribution in [3.05, 3.63) is 0 Å². The average molecular weight is 294 g/mol. The first-order valence-corrected chi connectivity index (χ1v) is 8.30. The number of rotatable bonds is 5. The molecular formula is C16H30N4O. The van der Waals surface area contributed by atoms with Gasteiger partial charge in [0, 0.05) is 33.7 Å². The zero-order chi connectivity index (χ0) is 15.3. The quantitative estimate of drug-likeness (QED) is 0.477. The Morgan fingerprint density at radius 1 is 1.33 bits per heavy atom. The number of carbonyl (C=O) groups excluding carboxylic acids is 1. The van der Waals surface area contributed by atoms with Crippen molar-refractivity contribution >= 4 is 11.9 Å². The van der Waals surface area contributed by atoms with Crippen molar-refractivity contribution in [2.24, 2.45) is 10.4 Å². The first kappa shape index (κ1) is 16.1. The molecule has 2 fully saturated rings. The molecule has 0 radical (unpaired) electrons. The fraction of sp³-hybridized carbons (Fsp3) is 0.875. The standard InChI is InChI=1S/C16H30N4O/c1-4-5-10-17-15(18-12-14(21)19(2)3)20-11-9-16(13-20)7-6-8-16/h4-13H2,1-3H3,(H,17,18). The molecule has 5 heteroatoms. The number of aliphatic imine (C=N–C) groups is 1. The Morgan fingerprint density at radius 2 is 2.10 bits per heavy atom. The summed E-state index contributed by atoms with van der Waals surface area (Å²) in [6.07, 6.45) is 7.69. The van der Waals surface area contributed by atoms with Crippen LogP contribution >= 0.6 is 0 Å². The van der Waals surface area contributed by atoms with E-state index in [0.717, 1.165) is 32.0 Å². The lowest BCUT2D eigenvalue weighted by molar-refractivity contribution is -0.127. The summed E-state index contributed by atoms with van der Waals surface area (Å²) in [6.45, 7) is 5.56. The summed E-state index contributed by atoms with van der Waals surface area (Å²) in [5, 5.41) is 3.45. The number of hydrogen-bond acceptors (Lipinski definition) is 2. The Kier molecular flexibility index (Phi) is 5.48. The Balaban J connectivity index is 1.94. The summed E-state index contributed by atoms with van der Waals surface area (Å²) in [7, 11) is 3.56. The lowest BCUT2D eigenvalue weighted by Gasteiger charge is -2.38. The molecule has 1 saturated carbocycles. The number of carbonyl (C=O) groups is 1. The number of unbranched alkanes of at least 4 members (excludes halogenated alkanes) is 1. The minimum Gasteiger partial charge on any atom is -0.356 e. The third-order valence-corrected chi connectivity index (χ3v) is 4.83. The zero-order valence-corrected chi connectivity index (χ0v) is 13.8. The minimum absolute atomic E-state index is 0.0577. The van der Waals surface area contributed by atoms with Gasteiger partial charge in [-0.3, -0.25) is 4.79 Å². The van der Waals surface area contributed by atoms with E-state index in [2.05, 4.69) is 22.1 Å². The predicted octanol–water partition coefficient (Wildman–Crippen LogP) is 1.70. The van der Waals surface area contributed by atoms with Crippen LogP contribution in [0.3, 0.4) is 0 Å². The van der Waals surface area contributed by atoms with Crippen LogP contribution in [-0.2, 0) is 4.79 Å². The summed E-state index contributed by atoms with van der Waals surface area (Å²) in [5.41, 5.74) is 0.554. The maximum absolute atomic E-state index is 11.8. The Labute approximate surface area is 128 Å². The predicted molar refractivity (Wildman–Crippen MR) is 86.4 cm³/mol. The van der Waals surface area contributed by atoms with Crippen molar-refractivity contribution in [2.75, 3.05) is 40.3 Å². The lowest BCUT2D eigenvalue weighted by Crippen LogP contribution is -2.43. The van der Waals surface area contributed by atoms with E-state index in [1.807, 2.05) is 0 Å². The average Bonchev–Trinajstić information content (AvgIpc) is 2.87. The topological polar surface area (TPSA) is 47.9 Å². The third-order valence-electron chi connectivity index (χ3n) is 4.83. The van der Waals surface area contributed by atoms with Gasteiger partial charge in [0.2, 0.25) is 5.91 Å². The highest BCUT2D eigenvalue weighted by atomic mass is 16.2. The van der Waals surface area contributed by atoms with Gasteiger partial charge >= 0.3 is 0 Å². The molecule has 0 aromatic rings. The lowest BCUT2D eigenvalue weighted by atomic mass is 9.68. The highest BCUT2D eigenvalue weighted by Gasteiger charge is 2.43. The van der Waals surface area contributed by atoms with E-state index in [-0.39, 0.29) is 12.5 Å². The molecule has 1 heterocycles. The van der Waals surface area contributed by atoms with Crippen LogP contribution in [0.15, 0.2) is 4.99 Å². The van der Waals surface area contributed by atoms with Crippen LogP contribution < -0.4 is 5.32 Å². The van der Waals surface area contributed by atoms with Gasteiger partial charge in [0.05, 0.1) is 0 Å². The molecule has 1 spiro atoms. The van der Waals surface area contributed by atoms with Crippen molar-refractivity contribution in [3.8, 4) is 0 Å². The number of amides is 1. The van der Waals surface area contributed by atoms with Crippen molar-refractivity contribution in [1.82, 2.24) is 15.1 Å². The van der Waals surface area contributed by atoms with E-state index in [4.69, 9.17) is 0 Å². The number of nitrogens with one attached hydrogen (secondary N) is 1. The molecule has 1 N–H and O–H groups in total. The zero-order valence-electron chi connectivity index (χ0n) is 13.8. The summed E-state index contributed by atoms with van der Waals surface area (Å²) < 4.78 is 0. The van der Waals surface area contributed by atoms with E-state index in [1.165, 1.54) is 32.1 Å². The summed E-state index contributed by atoms with van der Waals surface area (Å²) >= 11 is 0. The van der Waals surface area contributed by atoms with Crippen LogP contribution in [0.5, 0.6) is 0 Å². The molecule has 1 aliphatic heterocycles. The molecule has 5 nitrogen and oxygen atoms in total. The molecule has 0 unspecified atom stereocenters. The molecule has 2 rings (SSSR count). The Hall–Kier alpha value is -1.26. The Bertz CT molecular complexity index is 388. The third kappa shape index (κ3) is 4.11. The van der Waals surface area contributed by atoms with Crippen molar-refractivity contribution in [1.29, 1.82) is 0 Å². The largest absolute Gasteiger partial charge is 0.356 e. The van der Waals surface area contributed by atoms with Crippen LogP contribution in [0.25, 0.3) is 0 Å². The SMILES string of the molecule is CCCCNC(=NCC(=O)N(C)C)N1CCC2(CCC2)C1. The second-order valence-electron chi connectivity index (χ2n) is 6.73. The van der Waals surface area contributed by atoms with Crippen LogP contribution in [-0.4, -0.2) is 61.9 Å². The Morgan fingerprint density at radius 3 is 2.62 bits per heavy atom. The fourth-order valence-corrected chi connectivity index (χ4v) is 3.13. The normalized spacial score (nSPS) is 20.5. The van der Waals surface area contributed by atoms with Gasteiger partial charge < -0.3 is 15.1 Å². The van der Waals surface area contributed by atoms with E-state index in [1.54, 1.807) is 19.0 Å². The molecule has 0 aromatic heterocycles. The maximum Gasteiger partial charge on any atom is 0.243 e. The minimum atomic E-state index is 0.0577. The molecule has 1 saturated heterocycles. The molecule has 2 aliphatic rings. The summed E-state index contributed by atoms with van der Waals surface area (Å²) in [6, 6.07) is 0. The van der Waals surface area contributed by atoms with Gasteiger partial charge in [-0.2, -0.15) is 0 Å². The second-order valence-corrected chi connectivity index (χ2v) is 6.73. The van der Waals surface area contributed by atoms with Crippen molar-refractivity contribution in [2.45, 2.75) is 45.4 Å². The molecule has 0 atom stereocenters. The number of hydrogen-bond donors (Lipinski definition) is 1. The molecule has 1 amide bonds. The van der Waals surface area contributed by atoms with E-state index < -0.39 is 0 Å². The van der Waals surface area contributed by atoms with Gasteiger partial charge in [0.15, 0.2) is 5.96 Å². The highest BCUT2D eigenvalue weighted by Crippen LogP contribution is 2.47. The maximum atomic E-state index is 11.8. The van der Waals surface area contributed by atoms with E-state index in [9.17, 15) is 4.79 Å². The fourth-order valence-electron chi connectivity index (χ4n) is 3.13. The van der Waals surface area contributed by atoms with Gasteiger partial charge in [-0.15, -0.1) is 0 Å². The van der Waals surface area contributed by atoms with E-state index >= 15 is 0 Å². The number of guanidine groups is 1. The van der Waals surface area contributed by atoms with Crippen LogP contribution in [0.4, 0.5) is 0 Å². The number of likely N-dealkylation sites (tertiary alicyclic amines) is 1. The molecule has 0 bridgehead atoms. The smallest absolute Gasteiger partial charge is 0.243 e. The van der Waals surface area contributed by atoms with Crippen LogP contribution in [0.1, 0.15) is 45.4 Å². The highest BCUT2D eigenvalue weighted by molar-refractivity contribution is 5.85. The monoisotopic (exact) mass is 294 g/mol. The summed E-state index contributed by atoms with van der Waals surface area (Å²) in [4.78, 5) is 20.3. The van der Waals surface area contributed by atoms with Crippen molar-refractivity contribution < 1.29 is 4.79 Å². The second kappa shape index (κ2) is 7.14. The first-order valence-electron chi connectivity index (χ1n) is 8.30. The number of likely N-dealkylation sites (N-methyl/N-ethyl adjacent to an activating group) is 1. The van der Waals surface area contributed by atoms with Gasteiger partial charge in [0.25, 0.3) is 0 Å². The number of nitrogens with zero attached hydrogens (tertiary/aromatic N) is 3. The van der Waals surface area contributed by atoms with Gasteiger partial charge in [-0.1, -0.05) is 19.8 Å². The van der Waals surface area contributed by atoms with E-state index in [0.29, 0.717) is 5.41 Å². The molecule has 21 heavy (non-hydrogen) atoms. The van der Waals surface area contributed by atoms with Gasteiger partial charge in [-0.25, -0.2) is 4.99 Å². The first-order chi connectivity index (χ1) is 10.1. The van der Waals surface area contributed by atoms with Crippen LogP contribution in [0, 0.1) is 5.41 Å². The molecular weight excluding hydrogens is 264 g/mol. The van der Waals surface area contributed by atoms with Gasteiger partial charge in [0.1, 0.15) is 6.54 Å². The molecule has 120 valence electrons. The van der Waals surface area contributed by atoms with Gasteiger partial charge in [-0.05, 0) is 31.1 Å². The summed E-state index contributed by atoms with van der Waals surface area (Å²) in [5.74, 6) is 0.991. The molecule has 1 aliphatic carbocycles. The molecule has 0 aromatic carbocycles.